The van der Waals surface area contributed by atoms with Crippen LogP contribution in [-0.2, 0) is 21.0 Å². The van der Waals surface area contributed by atoms with Crippen molar-refractivity contribution in [3.63, 3.8) is 0 Å². The molecule has 0 fully saturated rings. The summed E-state index contributed by atoms with van der Waals surface area (Å²) >= 11 is 0. The third kappa shape index (κ3) is 3.91. The predicted molar refractivity (Wildman–Crippen MR) is 93.9 cm³/mol. The van der Waals surface area contributed by atoms with Crippen molar-refractivity contribution in [1.82, 2.24) is 0 Å². The molecule has 2 heteroatoms. The number of methoxy groups -OCH3 is 1. The molecule has 0 amide bonds. The van der Waals surface area contributed by atoms with Crippen LogP contribution < -0.4 is 0 Å². The van der Waals surface area contributed by atoms with Gasteiger partial charge in [0.1, 0.15) is 0 Å². The Kier molecular flexibility index (Phi) is 4.87. The predicted octanol–water partition coefficient (Wildman–Crippen LogP) is 5.37. The van der Waals surface area contributed by atoms with Gasteiger partial charge in [0.15, 0.2) is 0 Å². The van der Waals surface area contributed by atoms with Crippen LogP contribution in [0.25, 0.3) is 0 Å². The molecule has 0 aliphatic heterocycles. The van der Waals surface area contributed by atoms with E-state index in [9.17, 15) is 4.79 Å². The number of hydrogen-bond donors (Lipinski definition) is 0. The smallest absolute Gasteiger partial charge is 0.338 e. The molecule has 0 atom stereocenters. The van der Waals surface area contributed by atoms with Crippen LogP contribution in [0.5, 0.6) is 0 Å². The van der Waals surface area contributed by atoms with Crippen molar-refractivity contribution < 1.29 is 9.53 Å². The Hall–Kier alpha value is -1.31. The minimum absolute atomic E-state index is 0.0364. The van der Waals surface area contributed by atoms with Crippen LogP contribution in [0.1, 0.15) is 89.4 Å². The molecule has 0 spiro atoms. The zero-order valence-corrected chi connectivity index (χ0v) is 16.0. The summed E-state index contributed by atoms with van der Waals surface area (Å²) < 4.78 is 5.09. The molecule has 0 heterocycles. The molecule has 22 heavy (non-hydrogen) atoms. The Morgan fingerprint density at radius 3 is 1.36 bits per heavy atom. The number of hydrogen-bond acceptors (Lipinski definition) is 2. The normalized spacial score (nSPS) is 13.2. The summed E-state index contributed by atoms with van der Waals surface area (Å²) in [5, 5.41) is 0. The number of ether oxygens (including phenoxy) is 1. The lowest BCUT2D eigenvalue weighted by atomic mass is 9.72. The van der Waals surface area contributed by atoms with E-state index >= 15 is 0 Å². The second-order valence-corrected chi connectivity index (χ2v) is 9.19. The first-order chi connectivity index (χ1) is 9.69. The van der Waals surface area contributed by atoms with Gasteiger partial charge < -0.3 is 4.74 Å². The van der Waals surface area contributed by atoms with E-state index in [1.54, 1.807) is 0 Å². The van der Waals surface area contributed by atoms with Crippen molar-refractivity contribution in [2.45, 2.75) is 78.6 Å². The molecule has 124 valence electrons. The molecule has 0 N–H and O–H groups in total. The average molecular weight is 304 g/mol. The summed E-state index contributed by atoms with van der Waals surface area (Å²) in [7, 11) is 1.46. The molecule has 0 saturated carbocycles. The molecule has 0 radical (unpaired) electrons. The van der Waals surface area contributed by atoms with Crippen LogP contribution in [0, 0.1) is 0 Å². The fourth-order valence-corrected chi connectivity index (χ4v) is 2.58. The van der Waals surface area contributed by atoms with Gasteiger partial charge in [0, 0.05) is 0 Å². The van der Waals surface area contributed by atoms with Crippen molar-refractivity contribution >= 4 is 5.97 Å². The minimum Gasteiger partial charge on any atom is -0.465 e. The van der Waals surface area contributed by atoms with Gasteiger partial charge in [0.25, 0.3) is 0 Å². The van der Waals surface area contributed by atoms with E-state index in [4.69, 9.17) is 4.74 Å². The van der Waals surface area contributed by atoms with Crippen LogP contribution >= 0.6 is 0 Å². The van der Waals surface area contributed by atoms with Gasteiger partial charge >= 0.3 is 5.97 Å². The first kappa shape index (κ1) is 18.7. The number of benzene rings is 1. The highest BCUT2D eigenvalue weighted by Gasteiger charge is 2.32. The first-order valence-electron chi connectivity index (χ1n) is 7.97. The number of carbonyl (C=O) groups excluding carboxylic acids is 1. The third-order valence-corrected chi connectivity index (χ3v) is 4.01. The van der Waals surface area contributed by atoms with Crippen LogP contribution in [0.3, 0.4) is 0 Å². The van der Waals surface area contributed by atoms with Crippen LogP contribution in [0.15, 0.2) is 12.1 Å². The maximum Gasteiger partial charge on any atom is 0.338 e. The number of esters is 1. The quantitative estimate of drug-likeness (QED) is 0.652. The highest BCUT2D eigenvalue weighted by atomic mass is 16.5. The van der Waals surface area contributed by atoms with Gasteiger partial charge in [-0.05, 0) is 32.9 Å². The molecule has 0 aliphatic carbocycles. The molecule has 0 bridgehead atoms. The van der Waals surface area contributed by atoms with E-state index in [2.05, 4.69) is 74.4 Å². The second-order valence-electron chi connectivity index (χ2n) is 9.19. The Labute approximate surface area is 136 Å². The topological polar surface area (TPSA) is 26.3 Å². The number of carbonyl (C=O) groups is 1. The summed E-state index contributed by atoms with van der Waals surface area (Å²) in [5.41, 5.74) is 3.92. The molecular weight excluding hydrogens is 272 g/mol. The largest absolute Gasteiger partial charge is 0.465 e. The Morgan fingerprint density at radius 2 is 1.14 bits per heavy atom. The van der Waals surface area contributed by atoms with E-state index in [0.29, 0.717) is 0 Å². The van der Waals surface area contributed by atoms with Crippen LogP contribution in [0.2, 0.25) is 0 Å². The molecule has 1 aromatic carbocycles. The van der Waals surface area contributed by atoms with Gasteiger partial charge in [-0.15, -0.1) is 0 Å². The fraction of sp³-hybridized carbons (Fsp3) is 0.650. The van der Waals surface area contributed by atoms with Crippen molar-refractivity contribution in [2.75, 3.05) is 7.11 Å². The molecule has 1 rings (SSSR count). The standard InChI is InChI=1S/C20H32O2/c1-18(2,3)13-11-14(19(4,5)6)16(17(21)22-10)15(12-13)20(7,8)9/h11-12H,1-10H3. The zero-order chi connectivity index (χ0) is 17.5. The molecule has 2 nitrogen and oxygen atoms in total. The fourth-order valence-electron chi connectivity index (χ4n) is 2.58. The lowest BCUT2D eigenvalue weighted by molar-refractivity contribution is 0.0595. The molecule has 0 unspecified atom stereocenters. The molecular formula is C20H32O2. The summed E-state index contributed by atoms with van der Waals surface area (Å²) in [4.78, 5) is 12.5. The van der Waals surface area contributed by atoms with E-state index in [1.165, 1.54) is 12.7 Å². The van der Waals surface area contributed by atoms with Gasteiger partial charge in [0.05, 0.1) is 12.7 Å². The van der Waals surface area contributed by atoms with Gasteiger partial charge in [-0.1, -0.05) is 74.4 Å². The van der Waals surface area contributed by atoms with Gasteiger partial charge in [0.2, 0.25) is 0 Å². The van der Waals surface area contributed by atoms with Crippen LogP contribution in [0.4, 0.5) is 0 Å². The van der Waals surface area contributed by atoms with Gasteiger partial charge in [-0.25, -0.2) is 4.79 Å². The lowest BCUT2D eigenvalue weighted by Gasteiger charge is -2.32. The second kappa shape index (κ2) is 5.72. The van der Waals surface area contributed by atoms with Crippen LogP contribution in [-0.4, -0.2) is 13.1 Å². The zero-order valence-electron chi connectivity index (χ0n) is 16.0. The maximum absolute atomic E-state index is 12.5. The average Bonchev–Trinajstić information content (AvgIpc) is 2.33. The Balaban J connectivity index is 3.90. The van der Waals surface area contributed by atoms with E-state index in [1.807, 2.05) is 0 Å². The maximum atomic E-state index is 12.5. The van der Waals surface area contributed by atoms with Gasteiger partial charge in [-0.2, -0.15) is 0 Å². The summed E-state index contributed by atoms with van der Waals surface area (Å²) in [6, 6.07) is 4.36. The molecule has 1 aromatic rings. The van der Waals surface area contributed by atoms with Crippen molar-refractivity contribution in [1.29, 1.82) is 0 Å². The van der Waals surface area contributed by atoms with E-state index < -0.39 is 0 Å². The van der Waals surface area contributed by atoms with Crippen molar-refractivity contribution in [3.05, 3.63) is 34.4 Å². The summed E-state index contributed by atoms with van der Waals surface area (Å²) in [6.45, 7) is 19.5. The van der Waals surface area contributed by atoms with E-state index in [-0.39, 0.29) is 22.2 Å². The Bertz CT molecular complexity index is 526. The number of rotatable bonds is 1. The SMILES string of the molecule is COC(=O)c1c(C(C)(C)C)cc(C(C)(C)C)cc1C(C)(C)C. The minimum atomic E-state index is -0.240. The lowest BCUT2D eigenvalue weighted by Crippen LogP contribution is -2.26. The highest BCUT2D eigenvalue weighted by molar-refractivity contribution is 5.94. The monoisotopic (exact) mass is 304 g/mol. The van der Waals surface area contributed by atoms with Crippen molar-refractivity contribution in [2.24, 2.45) is 0 Å². The molecule has 0 aliphatic rings. The third-order valence-electron chi connectivity index (χ3n) is 4.01. The van der Waals surface area contributed by atoms with E-state index in [0.717, 1.165) is 16.7 Å². The van der Waals surface area contributed by atoms with Crippen molar-refractivity contribution in [3.8, 4) is 0 Å². The molecule has 0 saturated heterocycles. The molecule has 0 aromatic heterocycles. The Morgan fingerprint density at radius 1 is 0.773 bits per heavy atom. The summed E-state index contributed by atoms with van der Waals surface area (Å²) in [6.07, 6.45) is 0. The highest BCUT2D eigenvalue weighted by Crippen LogP contribution is 2.38. The van der Waals surface area contributed by atoms with Gasteiger partial charge in [-0.3, -0.25) is 0 Å². The summed E-state index contributed by atoms with van der Waals surface area (Å²) in [5.74, 6) is -0.240. The first-order valence-corrected chi connectivity index (χ1v) is 7.97.